The molecule has 2 aromatic rings. The number of unbranched alkanes of at least 4 members (excludes halogenated alkanes) is 6. The largest absolute Gasteiger partial charge is 0.494 e. The maximum absolute atomic E-state index is 6.33. The molecule has 0 atom stereocenters. The zero-order chi connectivity index (χ0) is 21.7. The summed E-state index contributed by atoms with van der Waals surface area (Å²) < 4.78 is 11.7. The molecule has 0 aromatic heterocycles. The third kappa shape index (κ3) is 4.66. The van der Waals surface area contributed by atoms with Crippen LogP contribution >= 0.6 is 0 Å². The highest BCUT2D eigenvalue weighted by atomic mass is 16.6. The summed E-state index contributed by atoms with van der Waals surface area (Å²) in [4.78, 5) is 0. The molecule has 0 unspecified atom stereocenters. The smallest absolute Gasteiger partial charge is 0.405 e. The molecule has 1 heterocycles. The fourth-order valence-electron chi connectivity index (χ4n) is 5.60. The number of hydrogen-bond acceptors (Lipinski definition) is 2. The number of fused-ring (bicyclic) bond motifs is 3. The molecule has 0 N–H and O–H groups in total. The maximum atomic E-state index is 6.33. The van der Waals surface area contributed by atoms with Crippen molar-refractivity contribution in [3.05, 3.63) is 47.5 Å². The van der Waals surface area contributed by atoms with Crippen molar-refractivity contribution in [2.45, 2.75) is 83.5 Å². The van der Waals surface area contributed by atoms with Gasteiger partial charge < -0.3 is 9.31 Å². The summed E-state index contributed by atoms with van der Waals surface area (Å²) in [6.45, 7) is 5.93. The van der Waals surface area contributed by atoms with Crippen molar-refractivity contribution in [2.75, 3.05) is 13.2 Å². The Kier molecular flexibility index (Phi) is 7.61. The van der Waals surface area contributed by atoms with E-state index in [1.807, 2.05) is 0 Å². The molecule has 1 saturated heterocycles. The molecular formula is C27H36B2O2. The minimum absolute atomic E-state index is 0.0517. The molecule has 0 spiro atoms. The second kappa shape index (κ2) is 10.4. The summed E-state index contributed by atoms with van der Waals surface area (Å²) in [5.41, 5.74) is 7.75. The Labute approximate surface area is 190 Å². The normalized spacial score (nSPS) is 16.5. The average Bonchev–Trinajstić information content (AvgIpc) is 3.40. The molecule has 2 aromatic carbocycles. The van der Waals surface area contributed by atoms with Crippen LogP contribution < -0.4 is 10.9 Å². The predicted octanol–water partition coefficient (Wildman–Crippen LogP) is 5.43. The van der Waals surface area contributed by atoms with Gasteiger partial charge in [-0.2, -0.15) is 0 Å². The first kappa shape index (κ1) is 22.7. The first-order valence-electron chi connectivity index (χ1n) is 12.5. The van der Waals surface area contributed by atoms with Crippen LogP contribution in [0.2, 0.25) is 0 Å². The van der Waals surface area contributed by atoms with Crippen LogP contribution in [0.4, 0.5) is 0 Å². The molecule has 162 valence electrons. The Bertz CT molecular complexity index is 862. The van der Waals surface area contributed by atoms with E-state index in [0.717, 1.165) is 10.9 Å². The predicted molar refractivity (Wildman–Crippen MR) is 133 cm³/mol. The summed E-state index contributed by atoms with van der Waals surface area (Å²) in [5, 5.41) is 0. The molecule has 0 saturated carbocycles. The molecule has 1 fully saturated rings. The van der Waals surface area contributed by atoms with E-state index < -0.39 is 0 Å². The Balaban J connectivity index is 1.76. The van der Waals surface area contributed by atoms with Crippen molar-refractivity contribution >= 4 is 25.9 Å². The Morgan fingerprint density at radius 3 is 1.97 bits per heavy atom. The van der Waals surface area contributed by atoms with Crippen LogP contribution in [0.25, 0.3) is 11.1 Å². The summed E-state index contributed by atoms with van der Waals surface area (Å²) in [6, 6.07) is 13.4. The fourth-order valence-corrected chi connectivity index (χ4v) is 5.60. The van der Waals surface area contributed by atoms with Crippen LogP contribution in [0, 0.1) is 0 Å². The van der Waals surface area contributed by atoms with E-state index in [-0.39, 0.29) is 12.5 Å². The Morgan fingerprint density at radius 1 is 0.774 bits per heavy atom. The molecule has 4 heteroatoms. The lowest BCUT2D eigenvalue weighted by Crippen LogP contribution is -2.34. The van der Waals surface area contributed by atoms with Gasteiger partial charge in [0.1, 0.15) is 7.85 Å². The zero-order valence-electron chi connectivity index (χ0n) is 19.4. The molecule has 2 aliphatic rings. The third-order valence-electron chi connectivity index (χ3n) is 7.22. The number of benzene rings is 2. The summed E-state index contributed by atoms with van der Waals surface area (Å²) in [6.07, 6.45) is 12.7. The van der Waals surface area contributed by atoms with Crippen molar-refractivity contribution < 1.29 is 9.31 Å². The van der Waals surface area contributed by atoms with Crippen LogP contribution in [-0.2, 0) is 14.7 Å². The summed E-state index contributed by atoms with van der Waals surface area (Å²) in [5.74, 6) is 0. The topological polar surface area (TPSA) is 18.5 Å². The van der Waals surface area contributed by atoms with Crippen LogP contribution in [0.3, 0.4) is 0 Å². The fraction of sp³-hybridized carbons (Fsp3) is 0.556. The van der Waals surface area contributed by atoms with Gasteiger partial charge in [0.2, 0.25) is 0 Å². The van der Waals surface area contributed by atoms with Gasteiger partial charge in [0.05, 0.1) is 13.2 Å². The minimum atomic E-state index is -0.225. The maximum Gasteiger partial charge on any atom is 0.494 e. The van der Waals surface area contributed by atoms with E-state index in [2.05, 4.69) is 50.2 Å². The second-order valence-corrected chi connectivity index (χ2v) is 9.39. The second-order valence-electron chi connectivity index (χ2n) is 9.39. The van der Waals surface area contributed by atoms with Gasteiger partial charge in [-0.3, -0.25) is 0 Å². The molecular weight excluding hydrogens is 378 g/mol. The van der Waals surface area contributed by atoms with Gasteiger partial charge in [-0.1, -0.05) is 107 Å². The highest BCUT2D eigenvalue weighted by molar-refractivity contribution is 6.61. The van der Waals surface area contributed by atoms with Crippen molar-refractivity contribution in [1.29, 1.82) is 0 Å². The van der Waals surface area contributed by atoms with Crippen molar-refractivity contribution in [3.8, 4) is 11.1 Å². The molecule has 1 aliphatic carbocycles. The highest BCUT2D eigenvalue weighted by Gasteiger charge is 2.43. The van der Waals surface area contributed by atoms with Crippen LogP contribution in [-0.4, -0.2) is 28.2 Å². The van der Waals surface area contributed by atoms with E-state index in [4.69, 9.17) is 17.2 Å². The quantitative estimate of drug-likeness (QED) is 0.361. The van der Waals surface area contributed by atoms with Gasteiger partial charge in [0.25, 0.3) is 0 Å². The summed E-state index contributed by atoms with van der Waals surface area (Å²) in [7, 11) is 6.10. The lowest BCUT2D eigenvalue weighted by Gasteiger charge is -2.33. The third-order valence-corrected chi connectivity index (χ3v) is 7.22. The molecule has 1 aliphatic heterocycles. The highest BCUT2D eigenvalue weighted by Crippen LogP contribution is 2.53. The van der Waals surface area contributed by atoms with Gasteiger partial charge in [-0.25, -0.2) is 0 Å². The number of rotatable bonds is 11. The molecule has 31 heavy (non-hydrogen) atoms. The van der Waals surface area contributed by atoms with Crippen molar-refractivity contribution in [3.63, 3.8) is 0 Å². The lowest BCUT2D eigenvalue weighted by molar-refractivity contribution is 0.365. The van der Waals surface area contributed by atoms with Gasteiger partial charge in [0, 0.05) is 5.41 Å². The molecule has 0 amide bonds. The lowest BCUT2D eigenvalue weighted by atomic mass is 9.68. The van der Waals surface area contributed by atoms with Gasteiger partial charge in [0.15, 0.2) is 0 Å². The monoisotopic (exact) mass is 414 g/mol. The number of hydrogen-bond donors (Lipinski definition) is 0. The van der Waals surface area contributed by atoms with Crippen molar-refractivity contribution in [2.24, 2.45) is 0 Å². The van der Waals surface area contributed by atoms with E-state index in [1.165, 1.54) is 86.5 Å². The average molecular weight is 414 g/mol. The standard InChI is InChI=1S/C27H36B2O2/c1-3-5-7-9-15-27(16-10-8-6-4-2)25-19-21(28)11-13-23(25)24-14-12-22(20-26(24)27)29-30-17-18-31-29/h11-14,19-20H,3-10,15-18H2,1-2H3. The van der Waals surface area contributed by atoms with Crippen LogP contribution in [0.1, 0.15) is 89.2 Å². The van der Waals surface area contributed by atoms with E-state index in [9.17, 15) is 0 Å². The van der Waals surface area contributed by atoms with Gasteiger partial charge in [-0.15, -0.1) is 0 Å². The van der Waals surface area contributed by atoms with E-state index in [0.29, 0.717) is 13.2 Å². The van der Waals surface area contributed by atoms with Gasteiger partial charge >= 0.3 is 7.12 Å². The minimum Gasteiger partial charge on any atom is -0.405 e. The van der Waals surface area contributed by atoms with Crippen LogP contribution in [0.15, 0.2) is 36.4 Å². The van der Waals surface area contributed by atoms with Crippen molar-refractivity contribution in [1.82, 2.24) is 0 Å². The zero-order valence-corrected chi connectivity index (χ0v) is 19.4. The molecule has 2 radical (unpaired) electrons. The van der Waals surface area contributed by atoms with Crippen LogP contribution in [0.5, 0.6) is 0 Å². The van der Waals surface area contributed by atoms with Gasteiger partial charge in [-0.05, 0) is 40.6 Å². The molecule has 2 nitrogen and oxygen atoms in total. The van der Waals surface area contributed by atoms with E-state index in [1.54, 1.807) is 0 Å². The molecule has 4 rings (SSSR count). The first-order chi connectivity index (χ1) is 15.2. The summed E-state index contributed by atoms with van der Waals surface area (Å²) >= 11 is 0. The Hall–Kier alpha value is -1.51. The van der Waals surface area contributed by atoms with E-state index >= 15 is 0 Å². The first-order valence-corrected chi connectivity index (χ1v) is 12.5. The SMILES string of the molecule is [B]c1ccc2c(c1)C(CCCCCC)(CCCCCC)c1cc(B3OCCO3)ccc1-2. The Morgan fingerprint density at radius 2 is 1.35 bits per heavy atom. The molecule has 0 bridgehead atoms.